The van der Waals surface area contributed by atoms with E-state index in [0.717, 1.165) is 25.7 Å². The number of anilines is 2. The number of allylic oxidation sites excluding steroid dienone is 4. The van der Waals surface area contributed by atoms with Crippen LogP contribution in [0.5, 0.6) is 11.5 Å². The molecule has 2 N–H and O–H groups in total. The van der Waals surface area contributed by atoms with E-state index in [9.17, 15) is 9.59 Å². The molecule has 0 spiro atoms. The van der Waals surface area contributed by atoms with Crippen molar-refractivity contribution in [3.8, 4) is 11.5 Å². The lowest BCUT2D eigenvalue weighted by atomic mass is 9.97. The Balaban J connectivity index is 1.57. The first kappa shape index (κ1) is 34.1. The van der Waals surface area contributed by atoms with Crippen LogP contribution in [0.15, 0.2) is 130 Å². The van der Waals surface area contributed by atoms with E-state index >= 15 is 0 Å². The number of ether oxygens (including phenoxy) is 2. The number of fused-ring (bicyclic) bond motifs is 9. The number of benzene rings is 4. The molecule has 4 aromatic carbocycles. The summed E-state index contributed by atoms with van der Waals surface area (Å²) in [6, 6.07) is 29.8. The first-order valence-corrected chi connectivity index (χ1v) is 17.1. The van der Waals surface area contributed by atoms with E-state index in [-0.39, 0.29) is 11.6 Å². The number of rotatable bonds is 0. The van der Waals surface area contributed by atoms with Crippen LogP contribution in [0.2, 0.25) is 0 Å². The van der Waals surface area contributed by atoms with Crippen LogP contribution in [0.4, 0.5) is 22.7 Å². The normalized spacial score (nSPS) is 17.8. The van der Waals surface area contributed by atoms with Crippen molar-refractivity contribution in [2.24, 2.45) is 9.98 Å². The average Bonchev–Trinajstić information content (AvgIpc) is 3.10. The van der Waals surface area contributed by atoms with Gasteiger partial charge in [-0.05, 0) is 102 Å². The van der Waals surface area contributed by atoms with E-state index in [1.165, 1.54) is 0 Å². The quantitative estimate of drug-likeness (QED) is 0.194. The first-order valence-electron chi connectivity index (χ1n) is 17.1. The smallest absolute Gasteiger partial charge is 0.196 e. The fraction of sp³-hybridized carbons (Fsp3) is 0.238. The summed E-state index contributed by atoms with van der Waals surface area (Å²) in [7, 11) is 0. The number of nitrogens with zero attached hydrogens (tertiary/aromatic N) is 2. The highest BCUT2D eigenvalue weighted by Crippen LogP contribution is 2.33. The third kappa shape index (κ3) is 7.92. The molecule has 0 radical (unpaired) electrons. The lowest BCUT2D eigenvalue weighted by Crippen LogP contribution is -2.18. The summed E-state index contributed by atoms with van der Waals surface area (Å²) in [5.74, 6) is 0.925. The summed E-state index contributed by atoms with van der Waals surface area (Å²) in [5, 5.41) is 6.94. The predicted octanol–water partition coefficient (Wildman–Crippen LogP) is 10.1. The molecular weight excluding hydrogens is 624 g/mol. The zero-order valence-electron chi connectivity index (χ0n) is 29.0. The summed E-state index contributed by atoms with van der Waals surface area (Å²) < 4.78 is 12.2. The Morgan fingerprint density at radius 3 is 1.38 bits per heavy atom. The van der Waals surface area contributed by atoms with Crippen molar-refractivity contribution in [1.82, 2.24) is 0 Å². The molecule has 0 amide bonds. The van der Waals surface area contributed by atoms with Gasteiger partial charge in [-0.3, -0.25) is 19.6 Å². The number of Topliss-reactive ketones (excluding diaryl/α,β-unsaturated/α-hetero) is 2. The summed E-state index contributed by atoms with van der Waals surface area (Å²) in [6.07, 6.45) is 3.72. The molecule has 0 aromatic heterocycles. The molecule has 3 heterocycles. The molecule has 6 bridgehead atoms. The number of nitrogens with one attached hydrogen (secondary N) is 2. The highest BCUT2D eigenvalue weighted by atomic mass is 16.5. The summed E-state index contributed by atoms with van der Waals surface area (Å²) >= 11 is 0. The maximum atomic E-state index is 14.4. The second-order valence-corrected chi connectivity index (χ2v) is 12.5. The average molecular weight is 667 g/mol. The van der Waals surface area contributed by atoms with Gasteiger partial charge in [-0.1, -0.05) is 48.5 Å². The van der Waals surface area contributed by atoms with Crippen LogP contribution >= 0.6 is 0 Å². The van der Waals surface area contributed by atoms with Gasteiger partial charge in [-0.2, -0.15) is 0 Å². The molecule has 50 heavy (non-hydrogen) atoms. The van der Waals surface area contributed by atoms with Crippen molar-refractivity contribution in [2.75, 3.05) is 23.8 Å². The van der Waals surface area contributed by atoms with Gasteiger partial charge in [-0.15, -0.1) is 0 Å². The standard InChI is InChI=1S/C42H42N4O4/c1-27-39-28(2)44-37-21-9-10-22-38(37)46-30(4)40(29(3)45-36-20-8-7-19-35(36)43-27)42(48)32-16-14-18-34(26-32)50-24-12-6-5-11-23-49-33-17-13-15-31(25-33)41(39)47/h7-10,13-22,25-26,43,46H,5-6,11-12,23-24H2,1-4H3/b39-27-,40-30?,44-28?,45-29?. The fourth-order valence-corrected chi connectivity index (χ4v) is 6.25. The van der Waals surface area contributed by atoms with Crippen LogP contribution in [0.1, 0.15) is 74.1 Å². The molecule has 254 valence electrons. The molecule has 3 aliphatic rings. The zero-order chi connectivity index (χ0) is 35.0. The Hall–Kier alpha value is -5.76. The summed E-state index contributed by atoms with van der Waals surface area (Å²) in [4.78, 5) is 38.9. The Kier molecular flexibility index (Phi) is 10.7. The molecule has 0 saturated heterocycles. The molecular formula is C42H42N4O4. The number of aliphatic imine (C=N–C) groups is 2. The Bertz CT molecular complexity index is 1910. The molecule has 0 fully saturated rings. The van der Waals surface area contributed by atoms with E-state index in [2.05, 4.69) is 10.6 Å². The van der Waals surface area contributed by atoms with Crippen LogP contribution in [-0.2, 0) is 0 Å². The van der Waals surface area contributed by atoms with Crippen molar-refractivity contribution in [1.29, 1.82) is 0 Å². The van der Waals surface area contributed by atoms with Crippen LogP contribution in [-0.4, -0.2) is 36.2 Å². The van der Waals surface area contributed by atoms with E-state index in [4.69, 9.17) is 19.5 Å². The number of ketones is 2. The number of hydrogen-bond acceptors (Lipinski definition) is 8. The second kappa shape index (κ2) is 15.6. The van der Waals surface area contributed by atoms with E-state index in [1.54, 1.807) is 24.3 Å². The predicted molar refractivity (Wildman–Crippen MR) is 202 cm³/mol. The molecule has 0 atom stereocenters. The number of carbonyl (C=O) groups is 2. The molecule has 0 saturated carbocycles. The van der Waals surface area contributed by atoms with Crippen molar-refractivity contribution in [2.45, 2.75) is 53.4 Å². The second-order valence-electron chi connectivity index (χ2n) is 12.5. The highest BCUT2D eigenvalue weighted by molar-refractivity contribution is 6.29. The van der Waals surface area contributed by atoms with Crippen molar-refractivity contribution >= 4 is 45.7 Å². The van der Waals surface area contributed by atoms with Crippen LogP contribution < -0.4 is 20.1 Å². The monoisotopic (exact) mass is 666 g/mol. The maximum Gasteiger partial charge on any atom is 0.196 e. The Morgan fingerprint density at radius 1 is 0.520 bits per heavy atom. The fourth-order valence-electron chi connectivity index (χ4n) is 6.25. The lowest BCUT2D eigenvalue weighted by molar-refractivity contribution is 0.103. The molecule has 4 aromatic rings. The minimum Gasteiger partial charge on any atom is -0.494 e. The van der Waals surface area contributed by atoms with Gasteiger partial charge in [0.05, 0.1) is 58.5 Å². The van der Waals surface area contributed by atoms with Crippen LogP contribution in [0, 0.1) is 0 Å². The molecule has 0 aliphatic carbocycles. The van der Waals surface area contributed by atoms with Crippen LogP contribution in [0.25, 0.3) is 0 Å². The van der Waals surface area contributed by atoms with Gasteiger partial charge in [0, 0.05) is 22.5 Å². The Morgan fingerprint density at radius 2 is 0.940 bits per heavy atom. The lowest BCUT2D eigenvalue weighted by Gasteiger charge is -2.19. The summed E-state index contributed by atoms with van der Waals surface area (Å²) in [5.41, 5.74) is 6.73. The van der Waals surface area contributed by atoms with Gasteiger partial charge in [0.1, 0.15) is 11.5 Å². The van der Waals surface area contributed by atoms with E-state index in [0.29, 0.717) is 92.6 Å². The van der Waals surface area contributed by atoms with Gasteiger partial charge in [-0.25, -0.2) is 0 Å². The van der Waals surface area contributed by atoms with Gasteiger partial charge in [0.15, 0.2) is 11.6 Å². The van der Waals surface area contributed by atoms with E-state index in [1.807, 2.05) is 100 Å². The van der Waals surface area contributed by atoms with Gasteiger partial charge in [0.25, 0.3) is 0 Å². The third-order valence-electron chi connectivity index (χ3n) is 8.73. The number of carbonyl (C=O) groups excluding carboxylic acids is 2. The van der Waals surface area contributed by atoms with E-state index < -0.39 is 0 Å². The first-order chi connectivity index (χ1) is 24.3. The van der Waals surface area contributed by atoms with Crippen molar-refractivity contribution < 1.29 is 19.1 Å². The molecule has 0 unspecified atom stereocenters. The topological polar surface area (TPSA) is 101 Å². The molecule has 7 rings (SSSR count). The van der Waals surface area contributed by atoms with Crippen molar-refractivity contribution in [3.63, 3.8) is 0 Å². The van der Waals surface area contributed by atoms with Gasteiger partial charge in [0.2, 0.25) is 0 Å². The zero-order valence-corrected chi connectivity index (χ0v) is 29.0. The van der Waals surface area contributed by atoms with Gasteiger partial charge < -0.3 is 20.1 Å². The molecule has 3 aliphatic heterocycles. The largest absolute Gasteiger partial charge is 0.494 e. The minimum atomic E-state index is -0.183. The SMILES string of the molecule is CC1=Nc2ccccc2N/C(C)=C2\C(=O)c3cccc(c3)OCCCCCCOc3cccc(c3)C(=O)C1=C(C)Nc1ccccc1N=C2C. The van der Waals surface area contributed by atoms with Crippen molar-refractivity contribution in [3.05, 3.63) is 131 Å². The summed E-state index contributed by atoms with van der Waals surface area (Å²) in [6.45, 7) is 8.51. The Labute approximate surface area is 293 Å². The maximum absolute atomic E-state index is 14.4. The van der Waals surface area contributed by atoms with Crippen LogP contribution in [0.3, 0.4) is 0 Å². The highest BCUT2D eigenvalue weighted by Gasteiger charge is 2.23. The van der Waals surface area contributed by atoms with Gasteiger partial charge >= 0.3 is 0 Å². The minimum absolute atomic E-state index is 0.183. The number of para-hydroxylation sites is 4. The molecule has 8 heteroatoms. The molecule has 8 nitrogen and oxygen atoms in total. The number of hydrogen-bond donors (Lipinski definition) is 2. The third-order valence-corrected chi connectivity index (χ3v) is 8.73.